The van der Waals surface area contributed by atoms with E-state index in [9.17, 15) is 0 Å². The van der Waals surface area contributed by atoms with Gasteiger partial charge in [-0.15, -0.1) is 0 Å². The summed E-state index contributed by atoms with van der Waals surface area (Å²) in [5.74, 6) is 0. The van der Waals surface area contributed by atoms with Crippen molar-refractivity contribution in [2.45, 2.75) is 44.9 Å². The molecule has 0 amide bonds. The summed E-state index contributed by atoms with van der Waals surface area (Å²) in [6.07, 6.45) is 10.5. The summed E-state index contributed by atoms with van der Waals surface area (Å²) in [7, 11) is 2.50. The second kappa shape index (κ2) is 16.5. The second-order valence-corrected chi connectivity index (χ2v) is 2.47. The van der Waals surface area contributed by atoms with Crippen LogP contribution in [0.2, 0.25) is 0 Å². The summed E-state index contributed by atoms with van der Waals surface area (Å²) in [5.41, 5.74) is 4.50. The van der Waals surface area contributed by atoms with Crippen LogP contribution in [-0.2, 0) is 0 Å². The summed E-state index contributed by atoms with van der Waals surface area (Å²) in [6, 6.07) is 0. The predicted molar refractivity (Wildman–Crippen MR) is 50.6 cm³/mol. The lowest BCUT2D eigenvalue weighted by molar-refractivity contribution is 0.399. The maximum atomic E-state index is 7.00. The van der Waals surface area contributed by atoms with Gasteiger partial charge in [-0.2, -0.15) is 0 Å². The lowest BCUT2D eigenvalue weighted by Gasteiger charge is -1.85. The number of hydrogen-bond acceptors (Lipinski definition) is 2. The zero-order valence-electron chi connectivity index (χ0n) is 7.97. The van der Waals surface area contributed by atoms with Crippen LogP contribution in [0.3, 0.4) is 0 Å². The van der Waals surface area contributed by atoms with Crippen LogP contribution in [0.5, 0.6) is 0 Å². The van der Waals surface area contributed by atoms with Crippen LogP contribution in [-0.4, -0.2) is 19.3 Å². The molecule has 0 unspecified atom stereocenters. The van der Waals surface area contributed by atoms with Gasteiger partial charge in [0.05, 0.1) is 0 Å². The molecule has 11 heavy (non-hydrogen) atoms. The summed E-state index contributed by atoms with van der Waals surface area (Å²) in [4.78, 5) is 0. The number of nitrogens with two attached hydrogens (primary N) is 1. The first kappa shape index (κ1) is 13.5. The highest BCUT2D eigenvalue weighted by Gasteiger charge is 1.95. The molecular weight excluding hydrogens is 138 g/mol. The van der Waals surface area contributed by atoms with Gasteiger partial charge < -0.3 is 10.8 Å². The molecule has 2 nitrogen and oxygen atoms in total. The first-order valence-corrected chi connectivity index (χ1v) is 4.52. The smallest absolute Gasteiger partial charge is 0.0319 e. The molecule has 0 bridgehead atoms. The van der Waals surface area contributed by atoms with Gasteiger partial charge in [-0.3, -0.25) is 0 Å². The standard InChI is InChI=1S/C7H14.CH5N.CH4O/c1-2-4-6-7-5-3-1;2*1-2/h1-7H2;2H2,1H3;2H,1H3. The highest BCUT2D eigenvalue weighted by Crippen LogP contribution is 2.15. The lowest BCUT2D eigenvalue weighted by Crippen LogP contribution is -1.69. The van der Waals surface area contributed by atoms with E-state index in [2.05, 4.69) is 5.73 Å². The van der Waals surface area contributed by atoms with E-state index < -0.39 is 0 Å². The van der Waals surface area contributed by atoms with Crippen molar-refractivity contribution >= 4 is 0 Å². The largest absolute Gasteiger partial charge is 0.400 e. The average Bonchev–Trinajstić information content (AvgIpc) is 2.42. The first-order valence-electron chi connectivity index (χ1n) is 4.52. The molecule has 0 radical (unpaired) electrons. The van der Waals surface area contributed by atoms with Crippen molar-refractivity contribution < 1.29 is 5.11 Å². The molecule has 3 N–H and O–H groups in total. The van der Waals surface area contributed by atoms with Crippen molar-refractivity contribution in [3.8, 4) is 0 Å². The molecule has 1 fully saturated rings. The third-order valence-corrected chi connectivity index (χ3v) is 1.75. The molecule has 2 heteroatoms. The van der Waals surface area contributed by atoms with Crippen LogP contribution in [0.4, 0.5) is 0 Å². The van der Waals surface area contributed by atoms with Gasteiger partial charge in [-0.25, -0.2) is 0 Å². The monoisotopic (exact) mass is 161 g/mol. The van der Waals surface area contributed by atoms with E-state index in [1.165, 1.54) is 52.0 Å². The Bertz CT molecular complexity index is 29.2. The maximum absolute atomic E-state index is 7.00. The summed E-state index contributed by atoms with van der Waals surface area (Å²) in [6.45, 7) is 0. The Kier molecular flexibility index (Phi) is 20.2. The van der Waals surface area contributed by atoms with Crippen molar-refractivity contribution in [1.82, 2.24) is 0 Å². The van der Waals surface area contributed by atoms with E-state index in [1.807, 2.05) is 0 Å². The highest BCUT2D eigenvalue weighted by atomic mass is 16.2. The molecule has 1 aliphatic carbocycles. The molecule has 0 aromatic carbocycles. The van der Waals surface area contributed by atoms with Gasteiger partial charge in [0.2, 0.25) is 0 Å². The Morgan fingerprint density at radius 1 is 0.636 bits per heavy atom. The molecule has 0 heterocycles. The van der Waals surface area contributed by atoms with Crippen LogP contribution in [0.1, 0.15) is 44.9 Å². The summed E-state index contributed by atoms with van der Waals surface area (Å²) in [5, 5.41) is 7.00. The Labute approximate surface area is 70.8 Å². The number of aliphatic hydroxyl groups is 1. The van der Waals surface area contributed by atoms with E-state index in [0.717, 1.165) is 7.11 Å². The Balaban J connectivity index is 0. The van der Waals surface area contributed by atoms with E-state index in [1.54, 1.807) is 0 Å². The number of rotatable bonds is 0. The zero-order chi connectivity index (χ0) is 8.95. The third kappa shape index (κ3) is 13.0. The molecular formula is C9H23NO. The highest BCUT2D eigenvalue weighted by molar-refractivity contribution is 4.51. The van der Waals surface area contributed by atoms with Gasteiger partial charge in [-0.1, -0.05) is 44.9 Å². The minimum Gasteiger partial charge on any atom is -0.400 e. The van der Waals surface area contributed by atoms with Gasteiger partial charge >= 0.3 is 0 Å². The van der Waals surface area contributed by atoms with Crippen LogP contribution in [0, 0.1) is 0 Å². The fourth-order valence-electron chi connectivity index (χ4n) is 1.24. The molecule has 1 saturated carbocycles. The lowest BCUT2D eigenvalue weighted by atomic mass is 10.2. The molecule has 70 valence electrons. The average molecular weight is 161 g/mol. The molecule has 0 atom stereocenters. The van der Waals surface area contributed by atoms with Crippen molar-refractivity contribution in [3.63, 3.8) is 0 Å². The van der Waals surface area contributed by atoms with Crippen LogP contribution >= 0.6 is 0 Å². The fourth-order valence-corrected chi connectivity index (χ4v) is 1.24. The van der Waals surface area contributed by atoms with Crippen molar-refractivity contribution in [2.75, 3.05) is 14.2 Å². The Hall–Kier alpha value is -0.0800. The van der Waals surface area contributed by atoms with Crippen LogP contribution in [0.15, 0.2) is 0 Å². The summed E-state index contributed by atoms with van der Waals surface area (Å²) >= 11 is 0. The molecule has 1 rings (SSSR count). The first-order chi connectivity index (χ1) is 5.50. The molecule has 0 saturated heterocycles. The molecule has 0 aromatic rings. The minimum absolute atomic E-state index is 1.00. The van der Waals surface area contributed by atoms with Gasteiger partial charge in [0, 0.05) is 7.11 Å². The SMILES string of the molecule is C1CCCCCC1.CN.CO. The Morgan fingerprint density at radius 2 is 0.727 bits per heavy atom. The van der Waals surface area contributed by atoms with Crippen molar-refractivity contribution in [3.05, 3.63) is 0 Å². The van der Waals surface area contributed by atoms with Gasteiger partial charge in [0.1, 0.15) is 0 Å². The van der Waals surface area contributed by atoms with E-state index in [-0.39, 0.29) is 0 Å². The molecule has 0 aromatic heterocycles. The molecule has 1 aliphatic rings. The minimum atomic E-state index is 1.00. The van der Waals surface area contributed by atoms with Gasteiger partial charge in [0.25, 0.3) is 0 Å². The van der Waals surface area contributed by atoms with Gasteiger partial charge in [-0.05, 0) is 7.05 Å². The van der Waals surface area contributed by atoms with Crippen molar-refractivity contribution in [2.24, 2.45) is 5.73 Å². The zero-order valence-corrected chi connectivity index (χ0v) is 7.97. The van der Waals surface area contributed by atoms with Gasteiger partial charge in [0.15, 0.2) is 0 Å². The number of aliphatic hydroxyl groups excluding tert-OH is 1. The van der Waals surface area contributed by atoms with E-state index in [4.69, 9.17) is 5.11 Å². The third-order valence-electron chi connectivity index (χ3n) is 1.75. The molecule has 0 aliphatic heterocycles. The quantitative estimate of drug-likeness (QED) is 0.533. The fraction of sp³-hybridized carbons (Fsp3) is 1.00. The van der Waals surface area contributed by atoms with E-state index >= 15 is 0 Å². The second-order valence-electron chi connectivity index (χ2n) is 2.47. The predicted octanol–water partition coefficient (Wildman–Crippen LogP) is 1.91. The summed E-state index contributed by atoms with van der Waals surface area (Å²) < 4.78 is 0. The number of hydrogen-bond donors (Lipinski definition) is 2. The Morgan fingerprint density at radius 3 is 0.818 bits per heavy atom. The van der Waals surface area contributed by atoms with Crippen LogP contribution < -0.4 is 5.73 Å². The van der Waals surface area contributed by atoms with E-state index in [0.29, 0.717) is 0 Å². The normalized spacial score (nSPS) is 16.4. The molecule has 0 spiro atoms. The van der Waals surface area contributed by atoms with Crippen molar-refractivity contribution in [1.29, 1.82) is 0 Å². The maximum Gasteiger partial charge on any atom is 0.0319 e. The van der Waals surface area contributed by atoms with Crippen LogP contribution in [0.25, 0.3) is 0 Å². The topological polar surface area (TPSA) is 46.2 Å².